The number of rotatable bonds is 2. The summed E-state index contributed by atoms with van der Waals surface area (Å²) in [5.74, 6) is 0. The van der Waals surface area contributed by atoms with Gasteiger partial charge in [0.05, 0.1) is 5.69 Å². The topological polar surface area (TPSA) is 55.8 Å². The van der Waals surface area contributed by atoms with Crippen molar-refractivity contribution in [1.82, 2.24) is 9.95 Å². The summed E-state index contributed by atoms with van der Waals surface area (Å²) >= 11 is 1.26. The third kappa shape index (κ3) is 2.05. The zero-order chi connectivity index (χ0) is 10.7. The van der Waals surface area contributed by atoms with Crippen LogP contribution in [0.2, 0.25) is 0 Å². The van der Waals surface area contributed by atoms with Crippen LogP contribution in [0.3, 0.4) is 0 Å². The Morgan fingerprint density at radius 1 is 1.40 bits per heavy atom. The number of hydrazine groups is 2. The predicted molar refractivity (Wildman–Crippen MR) is 58.7 cm³/mol. The van der Waals surface area contributed by atoms with E-state index < -0.39 is 6.09 Å². The van der Waals surface area contributed by atoms with Crippen LogP contribution < -0.4 is 10.4 Å². The van der Waals surface area contributed by atoms with Crippen LogP contribution in [0, 0.1) is 0 Å². The molecule has 0 saturated heterocycles. The van der Waals surface area contributed by atoms with E-state index >= 15 is 0 Å². The maximum atomic E-state index is 11.1. The van der Waals surface area contributed by atoms with Crippen molar-refractivity contribution in [2.24, 2.45) is 0 Å². The molecule has 1 aliphatic rings. The molecule has 0 aromatic heterocycles. The Morgan fingerprint density at radius 2 is 2.13 bits per heavy atom. The van der Waals surface area contributed by atoms with Crippen molar-refractivity contribution in [3.8, 4) is 0 Å². The minimum Gasteiger partial charge on any atom is -0.464 e. The van der Waals surface area contributed by atoms with Crippen molar-refractivity contribution >= 4 is 23.7 Å². The Balaban J connectivity index is 2.24. The molecule has 78 valence electrons. The maximum absolute atomic E-state index is 11.1. The first-order chi connectivity index (χ1) is 7.29. The van der Waals surface area contributed by atoms with Gasteiger partial charge in [-0.05, 0) is 24.1 Å². The summed E-state index contributed by atoms with van der Waals surface area (Å²) in [5.41, 5.74) is 3.39. The molecule has 0 bridgehead atoms. The Labute approximate surface area is 91.1 Å². The smallest absolute Gasteiger partial charge is 0.429 e. The van der Waals surface area contributed by atoms with Gasteiger partial charge < -0.3 is 5.11 Å². The van der Waals surface area contributed by atoms with E-state index in [1.807, 2.05) is 6.07 Å². The number of amides is 1. The van der Waals surface area contributed by atoms with Gasteiger partial charge in [-0.15, -0.1) is 0 Å². The minimum atomic E-state index is -1.04. The Hall–Kier alpha value is -1.66. The average molecular weight is 223 g/mol. The first-order valence-electron chi connectivity index (χ1n) is 4.25. The van der Waals surface area contributed by atoms with Gasteiger partial charge in [0.25, 0.3) is 0 Å². The summed E-state index contributed by atoms with van der Waals surface area (Å²) in [6, 6.07) is 8.88. The van der Waals surface area contributed by atoms with E-state index in [4.69, 9.17) is 5.11 Å². The fourth-order valence-electron chi connectivity index (χ4n) is 1.18. The summed E-state index contributed by atoms with van der Waals surface area (Å²) in [7, 11) is 0. The number of para-hydroxylation sites is 1. The van der Waals surface area contributed by atoms with E-state index in [-0.39, 0.29) is 0 Å². The van der Waals surface area contributed by atoms with Crippen molar-refractivity contribution in [2.75, 3.05) is 5.01 Å². The van der Waals surface area contributed by atoms with Gasteiger partial charge in [-0.2, -0.15) is 5.01 Å². The Morgan fingerprint density at radius 3 is 2.67 bits per heavy atom. The van der Waals surface area contributed by atoms with Crippen molar-refractivity contribution in [3.63, 3.8) is 0 Å². The summed E-state index contributed by atoms with van der Waals surface area (Å²) in [6.45, 7) is 0. The van der Waals surface area contributed by atoms with Crippen molar-refractivity contribution in [1.29, 1.82) is 0 Å². The van der Waals surface area contributed by atoms with E-state index in [1.165, 1.54) is 16.5 Å². The highest BCUT2D eigenvalue weighted by Gasteiger charge is 2.23. The van der Waals surface area contributed by atoms with Gasteiger partial charge in [-0.3, -0.25) is 5.43 Å². The second kappa shape index (κ2) is 4.24. The van der Waals surface area contributed by atoms with Gasteiger partial charge in [0.2, 0.25) is 0 Å². The molecule has 1 aromatic carbocycles. The molecule has 15 heavy (non-hydrogen) atoms. The lowest BCUT2D eigenvalue weighted by Crippen LogP contribution is -2.45. The van der Waals surface area contributed by atoms with E-state index in [0.717, 1.165) is 5.01 Å². The van der Waals surface area contributed by atoms with Crippen molar-refractivity contribution in [2.45, 2.75) is 0 Å². The molecular weight excluding hydrogens is 214 g/mol. The molecule has 0 radical (unpaired) electrons. The van der Waals surface area contributed by atoms with Crippen molar-refractivity contribution < 1.29 is 9.90 Å². The number of anilines is 1. The first-order valence-corrected chi connectivity index (χ1v) is 5.09. The Bertz CT molecular complexity index is 374. The number of nitrogens with zero attached hydrogens (tertiary/aromatic N) is 2. The molecule has 0 unspecified atom stereocenters. The molecule has 1 amide bonds. The molecule has 0 aliphatic carbocycles. The number of carbonyl (C=O) groups is 1. The van der Waals surface area contributed by atoms with Crippen LogP contribution in [0.25, 0.3) is 0 Å². The molecule has 0 fully saturated rings. The highest BCUT2D eigenvalue weighted by molar-refractivity contribution is 8.00. The van der Waals surface area contributed by atoms with Gasteiger partial charge in [-0.25, -0.2) is 4.79 Å². The summed E-state index contributed by atoms with van der Waals surface area (Å²) < 4.78 is 1.43. The minimum absolute atomic E-state index is 0.591. The second-order valence-electron chi connectivity index (χ2n) is 2.74. The van der Waals surface area contributed by atoms with Crippen LogP contribution in [0.1, 0.15) is 0 Å². The van der Waals surface area contributed by atoms with Crippen LogP contribution in [-0.4, -0.2) is 15.7 Å². The largest absolute Gasteiger partial charge is 0.464 e. The van der Waals surface area contributed by atoms with Crippen LogP contribution >= 0.6 is 11.9 Å². The average Bonchev–Trinajstić information content (AvgIpc) is 2.72. The third-order valence-corrected chi connectivity index (χ3v) is 2.50. The van der Waals surface area contributed by atoms with Gasteiger partial charge in [0, 0.05) is 11.6 Å². The molecule has 6 heteroatoms. The van der Waals surface area contributed by atoms with Crippen LogP contribution in [0.15, 0.2) is 41.9 Å². The van der Waals surface area contributed by atoms with Gasteiger partial charge in [-0.1, -0.05) is 22.7 Å². The normalized spacial score (nSPS) is 14.9. The molecule has 1 heterocycles. The highest BCUT2D eigenvalue weighted by Crippen LogP contribution is 2.23. The zero-order valence-corrected chi connectivity index (χ0v) is 8.52. The fraction of sp³-hybridized carbons (Fsp3) is 0. The van der Waals surface area contributed by atoms with Gasteiger partial charge in [0.1, 0.15) is 0 Å². The standard InChI is InChI=1S/C9H9N3O2S/c13-9(14)11(12-10-6-7-15-12)8-4-2-1-3-5-8/h1-7,10H,(H,13,14). The molecule has 0 saturated carbocycles. The molecule has 5 nitrogen and oxygen atoms in total. The first kappa shape index (κ1) is 9.88. The van der Waals surface area contributed by atoms with Crippen LogP contribution in [0.4, 0.5) is 10.5 Å². The van der Waals surface area contributed by atoms with Crippen LogP contribution in [-0.2, 0) is 0 Å². The van der Waals surface area contributed by atoms with E-state index in [9.17, 15) is 4.79 Å². The molecule has 0 atom stereocenters. The van der Waals surface area contributed by atoms with E-state index in [0.29, 0.717) is 5.69 Å². The van der Waals surface area contributed by atoms with E-state index in [2.05, 4.69) is 5.43 Å². The monoisotopic (exact) mass is 223 g/mol. The SMILES string of the molecule is O=C(O)N(c1ccccc1)N1NC=CS1. The second-order valence-corrected chi connectivity index (χ2v) is 3.57. The molecule has 1 aliphatic heterocycles. The molecule has 1 aromatic rings. The number of carboxylic acid groups (broad SMARTS) is 1. The van der Waals surface area contributed by atoms with E-state index in [1.54, 1.807) is 35.9 Å². The quantitative estimate of drug-likeness (QED) is 0.751. The number of nitrogens with one attached hydrogen (secondary N) is 1. The highest BCUT2D eigenvalue weighted by atomic mass is 32.2. The summed E-state index contributed by atoms with van der Waals surface area (Å²) in [5, 5.41) is 12.0. The Kier molecular flexibility index (Phi) is 2.79. The molecule has 2 rings (SSSR count). The zero-order valence-electron chi connectivity index (χ0n) is 7.70. The molecule has 0 spiro atoms. The van der Waals surface area contributed by atoms with Crippen molar-refractivity contribution in [3.05, 3.63) is 41.9 Å². The number of hydrogen-bond acceptors (Lipinski definition) is 4. The summed E-state index contributed by atoms with van der Waals surface area (Å²) in [4.78, 5) is 11.1. The number of benzene rings is 1. The predicted octanol–water partition coefficient (Wildman–Crippen LogP) is 2.03. The van der Waals surface area contributed by atoms with Gasteiger partial charge >= 0.3 is 6.09 Å². The lowest BCUT2D eigenvalue weighted by atomic mass is 10.3. The van der Waals surface area contributed by atoms with Gasteiger partial charge in [0.15, 0.2) is 0 Å². The fourth-order valence-corrected chi connectivity index (χ4v) is 1.80. The molecule has 2 N–H and O–H groups in total. The summed E-state index contributed by atoms with van der Waals surface area (Å²) in [6.07, 6.45) is 0.633. The molecular formula is C9H9N3O2S. The third-order valence-electron chi connectivity index (χ3n) is 1.78. The lowest BCUT2D eigenvalue weighted by Gasteiger charge is -2.26. The lowest BCUT2D eigenvalue weighted by molar-refractivity contribution is 0.187. The maximum Gasteiger partial charge on any atom is 0.429 e. The number of hydrogen-bond donors (Lipinski definition) is 2. The van der Waals surface area contributed by atoms with Crippen LogP contribution in [0.5, 0.6) is 0 Å².